The van der Waals surface area contributed by atoms with Crippen molar-refractivity contribution in [2.45, 2.75) is 38.8 Å². The summed E-state index contributed by atoms with van der Waals surface area (Å²) in [5.74, 6) is -0.466. The highest BCUT2D eigenvalue weighted by molar-refractivity contribution is 6.03. The first kappa shape index (κ1) is 20.2. The van der Waals surface area contributed by atoms with E-state index >= 15 is 0 Å². The third-order valence-electron chi connectivity index (χ3n) is 5.83. The van der Waals surface area contributed by atoms with Crippen LogP contribution < -0.4 is 14.5 Å². The van der Waals surface area contributed by atoms with Crippen molar-refractivity contribution in [2.24, 2.45) is 0 Å². The molecule has 1 aliphatic heterocycles. The quantitative estimate of drug-likeness (QED) is 0.595. The number of amides is 2. The zero-order valence-electron chi connectivity index (χ0n) is 17.9. The average molecular weight is 434 g/mol. The summed E-state index contributed by atoms with van der Waals surface area (Å²) in [5.41, 5.74) is 3.02. The zero-order chi connectivity index (χ0) is 22.4. The lowest BCUT2D eigenvalue weighted by molar-refractivity contribution is -0.117. The predicted octanol–water partition coefficient (Wildman–Crippen LogP) is 4.78. The lowest BCUT2D eigenvalue weighted by atomic mass is 10.0. The molecule has 164 valence electrons. The second kappa shape index (κ2) is 7.78. The van der Waals surface area contributed by atoms with Gasteiger partial charge in [0.25, 0.3) is 0 Å². The van der Waals surface area contributed by atoms with Crippen LogP contribution >= 0.6 is 0 Å². The van der Waals surface area contributed by atoms with E-state index in [-0.39, 0.29) is 24.2 Å². The first-order chi connectivity index (χ1) is 15.4. The molecule has 5 rings (SSSR count). The van der Waals surface area contributed by atoms with Gasteiger partial charge in [-0.2, -0.15) is 5.10 Å². The molecule has 0 N–H and O–H groups in total. The molecular weight excluding hydrogens is 411 g/mol. The van der Waals surface area contributed by atoms with Gasteiger partial charge < -0.3 is 9.64 Å². The summed E-state index contributed by atoms with van der Waals surface area (Å²) in [6, 6.07) is 11.3. The van der Waals surface area contributed by atoms with Crippen LogP contribution in [0.4, 0.5) is 20.6 Å². The van der Waals surface area contributed by atoms with Crippen molar-refractivity contribution in [3.63, 3.8) is 0 Å². The molecule has 32 heavy (non-hydrogen) atoms. The third-order valence-corrected chi connectivity index (χ3v) is 5.83. The van der Waals surface area contributed by atoms with Crippen molar-refractivity contribution in [3.8, 4) is 16.9 Å². The van der Waals surface area contributed by atoms with Crippen molar-refractivity contribution in [2.75, 3.05) is 16.3 Å². The zero-order valence-corrected chi connectivity index (χ0v) is 17.9. The lowest BCUT2D eigenvalue weighted by Crippen LogP contribution is -2.52. The first-order valence-electron chi connectivity index (χ1n) is 10.6. The van der Waals surface area contributed by atoms with Crippen molar-refractivity contribution < 1.29 is 18.7 Å². The maximum absolute atomic E-state index is 13.5. The van der Waals surface area contributed by atoms with E-state index in [1.807, 2.05) is 42.2 Å². The molecule has 1 atom stereocenters. The number of fused-ring (bicyclic) bond motifs is 1. The van der Waals surface area contributed by atoms with E-state index < -0.39 is 11.9 Å². The van der Waals surface area contributed by atoms with Crippen LogP contribution in [-0.2, 0) is 4.79 Å². The summed E-state index contributed by atoms with van der Waals surface area (Å²) in [7, 11) is 0. The Morgan fingerprint density at radius 3 is 2.62 bits per heavy atom. The third kappa shape index (κ3) is 3.72. The largest absolute Gasteiger partial charge is 0.419 e. The van der Waals surface area contributed by atoms with E-state index in [0.717, 1.165) is 30.0 Å². The van der Waals surface area contributed by atoms with Gasteiger partial charge in [-0.3, -0.25) is 14.4 Å². The standard InChI is InChI=1S/C24H23FN4O3/c1-15-13-27(24(31)32-21-5-3-4-19(25)11-21)23-10-17(6-9-22(23)29(15)16(2)30)18-12-26-28(14-18)20-7-8-20/h3-6,9-12,14-15,20H,7-8,13H2,1-2H3/t15-/m0/s1. The number of benzene rings is 2. The van der Waals surface area contributed by atoms with E-state index in [2.05, 4.69) is 5.10 Å². The van der Waals surface area contributed by atoms with Crippen molar-refractivity contribution in [1.82, 2.24) is 9.78 Å². The van der Waals surface area contributed by atoms with E-state index in [1.165, 1.54) is 30.0 Å². The maximum Gasteiger partial charge on any atom is 0.419 e. The van der Waals surface area contributed by atoms with Gasteiger partial charge in [-0.1, -0.05) is 12.1 Å². The summed E-state index contributed by atoms with van der Waals surface area (Å²) in [6.45, 7) is 3.64. The Bertz CT molecular complexity index is 1200. The maximum atomic E-state index is 13.5. The number of carbonyl (C=O) groups excluding carboxylic acids is 2. The molecule has 1 aliphatic carbocycles. The number of ether oxygens (including phenoxy) is 1. The number of aromatic nitrogens is 2. The SMILES string of the molecule is CC(=O)N1c2ccc(-c3cnn(C4CC4)c3)cc2N(C(=O)Oc2cccc(F)c2)C[C@@H]1C. The highest BCUT2D eigenvalue weighted by atomic mass is 19.1. The van der Waals surface area contributed by atoms with Crippen LogP contribution in [0, 0.1) is 5.82 Å². The number of anilines is 2. The van der Waals surface area contributed by atoms with Crippen LogP contribution in [0.2, 0.25) is 0 Å². The molecule has 2 amide bonds. The van der Waals surface area contributed by atoms with Gasteiger partial charge in [0.05, 0.1) is 29.7 Å². The second-order valence-electron chi connectivity index (χ2n) is 8.32. The van der Waals surface area contributed by atoms with E-state index in [0.29, 0.717) is 17.4 Å². The Balaban J connectivity index is 1.52. The number of carbonyl (C=O) groups is 2. The molecule has 2 aromatic carbocycles. The van der Waals surface area contributed by atoms with E-state index in [1.54, 1.807) is 4.90 Å². The van der Waals surface area contributed by atoms with Crippen LogP contribution in [-0.4, -0.2) is 34.4 Å². The molecule has 1 aromatic heterocycles. The van der Waals surface area contributed by atoms with Crippen LogP contribution in [0.1, 0.15) is 32.7 Å². The molecule has 2 aliphatic rings. The molecule has 0 unspecified atom stereocenters. The van der Waals surface area contributed by atoms with Gasteiger partial charge in [0.2, 0.25) is 5.91 Å². The highest BCUT2D eigenvalue weighted by Gasteiger charge is 2.35. The monoisotopic (exact) mass is 434 g/mol. The summed E-state index contributed by atoms with van der Waals surface area (Å²) < 4.78 is 21.0. The summed E-state index contributed by atoms with van der Waals surface area (Å²) in [4.78, 5) is 28.6. The highest BCUT2D eigenvalue weighted by Crippen LogP contribution is 2.40. The predicted molar refractivity (Wildman–Crippen MR) is 118 cm³/mol. The molecule has 0 spiro atoms. The number of hydrogen-bond donors (Lipinski definition) is 0. The summed E-state index contributed by atoms with van der Waals surface area (Å²) >= 11 is 0. The molecule has 1 saturated carbocycles. The number of nitrogens with zero attached hydrogens (tertiary/aromatic N) is 4. The molecule has 7 nitrogen and oxygen atoms in total. The number of rotatable bonds is 3. The van der Waals surface area contributed by atoms with Gasteiger partial charge in [0.1, 0.15) is 11.6 Å². The Labute approximate surface area is 185 Å². The van der Waals surface area contributed by atoms with Gasteiger partial charge in [0.15, 0.2) is 0 Å². The second-order valence-corrected chi connectivity index (χ2v) is 8.32. The molecule has 3 aromatic rings. The summed E-state index contributed by atoms with van der Waals surface area (Å²) in [6.07, 6.45) is 5.46. The lowest BCUT2D eigenvalue weighted by Gasteiger charge is -2.40. The van der Waals surface area contributed by atoms with Crippen LogP contribution in [0.25, 0.3) is 11.1 Å². The normalized spacial score (nSPS) is 17.8. The van der Waals surface area contributed by atoms with E-state index in [9.17, 15) is 14.0 Å². The Hall–Kier alpha value is -3.68. The summed E-state index contributed by atoms with van der Waals surface area (Å²) in [5, 5.41) is 4.45. The van der Waals surface area contributed by atoms with Gasteiger partial charge in [-0.15, -0.1) is 0 Å². The van der Waals surface area contributed by atoms with Gasteiger partial charge in [-0.25, -0.2) is 9.18 Å². The Morgan fingerprint density at radius 2 is 1.91 bits per heavy atom. The minimum atomic E-state index is -0.627. The molecule has 8 heteroatoms. The van der Waals surface area contributed by atoms with Gasteiger partial charge in [-0.05, 0) is 49.6 Å². The van der Waals surface area contributed by atoms with Crippen molar-refractivity contribution in [1.29, 1.82) is 0 Å². The Morgan fingerprint density at radius 1 is 1.09 bits per heavy atom. The average Bonchev–Trinajstić information content (AvgIpc) is 3.49. The molecule has 2 heterocycles. The number of hydrogen-bond acceptors (Lipinski definition) is 4. The van der Waals surface area contributed by atoms with Crippen molar-refractivity contribution in [3.05, 3.63) is 60.7 Å². The molecule has 0 radical (unpaired) electrons. The number of halogens is 1. The fourth-order valence-electron chi connectivity index (χ4n) is 4.17. The Kier molecular flexibility index (Phi) is 4.92. The van der Waals surface area contributed by atoms with Crippen molar-refractivity contribution >= 4 is 23.4 Å². The molecular formula is C24H23FN4O3. The van der Waals surface area contributed by atoms with Crippen LogP contribution in [0.3, 0.4) is 0 Å². The smallest absolute Gasteiger partial charge is 0.410 e. The van der Waals surface area contributed by atoms with Crippen LogP contribution in [0.5, 0.6) is 5.75 Å². The van der Waals surface area contributed by atoms with Gasteiger partial charge >= 0.3 is 6.09 Å². The van der Waals surface area contributed by atoms with Crippen LogP contribution in [0.15, 0.2) is 54.9 Å². The fraction of sp³-hybridized carbons (Fsp3) is 0.292. The topological polar surface area (TPSA) is 67.7 Å². The molecule has 1 fully saturated rings. The van der Waals surface area contributed by atoms with E-state index in [4.69, 9.17) is 4.74 Å². The fourth-order valence-corrected chi connectivity index (χ4v) is 4.17. The minimum absolute atomic E-state index is 0.105. The van der Waals surface area contributed by atoms with Gasteiger partial charge in [0, 0.05) is 31.3 Å². The molecule has 0 saturated heterocycles. The first-order valence-corrected chi connectivity index (χ1v) is 10.6. The molecule has 0 bridgehead atoms. The minimum Gasteiger partial charge on any atom is -0.410 e.